The van der Waals surface area contributed by atoms with Gasteiger partial charge in [-0.2, -0.15) is 0 Å². The van der Waals surface area contributed by atoms with Gasteiger partial charge in [0.05, 0.1) is 11.9 Å². The van der Waals surface area contributed by atoms with Crippen LogP contribution in [0.2, 0.25) is 0 Å². The second-order valence-corrected chi connectivity index (χ2v) is 7.19. The van der Waals surface area contributed by atoms with Crippen LogP contribution in [0.25, 0.3) is 11.1 Å². The van der Waals surface area contributed by atoms with E-state index >= 15 is 0 Å². The first kappa shape index (κ1) is 19.1. The van der Waals surface area contributed by atoms with Crippen LogP contribution in [0, 0.1) is 12.8 Å². The number of ether oxygens (including phenoxy) is 1. The average molecular weight is 388 g/mol. The van der Waals surface area contributed by atoms with Gasteiger partial charge in [-0.15, -0.1) is 0 Å². The maximum absolute atomic E-state index is 12.4. The lowest BCUT2D eigenvalue weighted by molar-refractivity contribution is -0.117. The van der Waals surface area contributed by atoms with E-state index in [1.807, 2.05) is 50.2 Å². The molecule has 0 spiro atoms. The third kappa shape index (κ3) is 4.42. The van der Waals surface area contributed by atoms with E-state index in [2.05, 4.69) is 20.3 Å². The molecule has 0 aliphatic heterocycles. The number of anilines is 1. The van der Waals surface area contributed by atoms with Crippen molar-refractivity contribution in [1.29, 1.82) is 0 Å². The second-order valence-electron chi connectivity index (χ2n) is 7.19. The number of pyridine rings is 1. The van der Waals surface area contributed by atoms with Gasteiger partial charge in [-0.25, -0.2) is 15.0 Å². The smallest absolute Gasteiger partial charge is 0.228 e. The summed E-state index contributed by atoms with van der Waals surface area (Å²) in [6, 6.07) is 11.9. The molecular formula is C23H24N4O2. The number of hydrogen-bond acceptors (Lipinski definition) is 5. The van der Waals surface area contributed by atoms with Crippen LogP contribution >= 0.6 is 0 Å². The fourth-order valence-corrected chi connectivity index (χ4v) is 3.24. The predicted molar refractivity (Wildman–Crippen MR) is 112 cm³/mol. The zero-order valence-corrected chi connectivity index (χ0v) is 16.7. The van der Waals surface area contributed by atoms with Gasteiger partial charge in [0.15, 0.2) is 5.75 Å². The van der Waals surface area contributed by atoms with E-state index in [1.54, 1.807) is 12.4 Å². The molecule has 1 N–H and O–H groups in total. The number of carbonyl (C=O) groups excluding carboxylic acids is 1. The lowest BCUT2D eigenvalue weighted by Gasteiger charge is -2.16. The van der Waals surface area contributed by atoms with E-state index in [0.717, 1.165) is 47.5 Å². The van der Waals surface area contributed by atoms with E-state index < -0.39 is 0 Å². The normalized spacial score (nSPS) is 13.2. The van der Waals surface area contributed by atoms with Crippen molar-refractivity contribution in [1.82, 2.24) is 15.0 Å². The molecule has 0 saturated heterocycles. The molecule has 0 radical (unpaired) electrons. The van der Waals surface area contributed by atoms with Crippen molar-refractivity contribution in [3.8, 4) is 16.9 Å². The van der Waals surface area contributed by atoms with Crippen molar-refractivity contribution in [3.05, 3.63) is 65.9 Å². The summed E-state index contributed by atoms with van der Waals surface area (Å²) in [6.07, 6.45) is 6.09. The van der Waals surface area contributed by atoms with Crippen LogP contribution in [0.15, 0.2) is 48.8 Å². The van der Waals surface area contributed by atoms with Crippen LogP contribution in [0.3, 0.4) is 0 Å². The highest BCUT2D eigenvalue weighted by Crippen LogP contribution is 2.34. The highest BCUT2D eigenvalue weighted by Gasteiger charge is 2.30. The summed E-state index contributed by atoms with van der Waals surface area (Å²) in [5.41, 5.74) is 3.70. The Morgan fingerprint density at radius 1 is 1.17 bits per heavy atom. The Kier molecular flexibility index (Phi) is 5.51. The van der Waals surface area contributed by atoms with Crippen LogP contribution in [-0.2, 0) is 17.8 Å². The van der Waals surface area contributed by atoms with Gasteiger partial charge < -0.3 is 10.1 Å². The number of aryl methyl sites for hydroxylation is 2. The van der Waals surface area contributed by atoms with Gasteiger partial charge in [-0.3, -0.25) is 4.79 Å². The number of hydrogen-bond donors (Lipinski definition) is 1. The first-order valence-corrected chi connectivity index (χ1v) is 9.95. The Hall–Kier alpha value is -3.28. The molecule has 1 saturated carbocycles. The Morgan fingerprint density at radius 2 is 1.97 bits per heavy atom. The number of rotatable bonds is 7. The topological polar surface area (TPSA) is 77.0 Å². The molecule has 3 aromatic rings. The van der Waals surface area contributed by atoms with Gasteiger partial charge >= 0.3 is 0 Å². The van der Waals surface area contributed by atoms with Gasteiger partial charge in [0, 0.05) is 23.2 Å². The zero-order chi connectivity index (χ0) is 20.2. The fourth-order valence-electron chi connectivity index (χ4n) is 3.24. The standard InChI is InChI=1S/C23H24N4O2/c1-3-19-20(13-25-15(2)26-19)29-14-18-11-12-24-22(27-23(28)17-9-10-17)21(18)16-7-5-4-6-8-16/h4-8,11-13,17H,3,9-10,14H2,1-2H3,(H,24,27,28). The molecule has 1 aromatic carbocycles. The third-order valence-corrected chi connectivity index (χ3v) is 4.96. The molecular weight excluding hydrogens is 364 g/mol. The number of aromatic nitrogens is 3. The Bertz CT molecular complexity index is 1020. The highest BCUT2D eigenvalue weighted by atomic mass is 16.5. The molecule has 6 nitrogen and oxygen atoms in total. The molecule has 148 valence electrons. The monoisotopic (exact) mass is 388 g/mol. The summed E-state index contributed by atoms with van der Waals surface area (Å²) < 4.78 is 6.09. The first-order valence-electron chi connectivity index (χ1n) is 9.95. The summed E-state index contributed by atoms with van der Waals surface area (Å²) in [4.78, 5) is 25.5. The SMILES string of the molecule is CCc1nc(C)ncc1OCc1ccnc(NC(=O)C2CC2)c1-c1ccccc1. The maximum Gasteiger partial charge on any atom is 0.228 e. The van der Waals surface area contributed by atoms with Crippen LogP contribution in [-0.4, -0.2) is 20.9 Å². The summed E-state index contributed by atoms with van der Waals surface area (Å²) in [5, 5.41) is 3.01. The lowest BCUT2D eigenvalue weighted by atomic mass is 10.0. The molecule has 29 heavy (non-hydrogen) atoms. The number of amides is 1. The Labute approximate surface area is 170 Å². The lowest BCUT2D eigenvalue weighted by Crippen LogP contribution is -2.16. The average Bonchev–Trinajstić information content (AvgIpc) is 3.59. The van der Waals surface area contributed by atoms with E-state index in [-0.39, 0.29) is 11.8 Å². The molecule has 0 unspecified atom stereocenters. The molecule has 4 rings (SSSR count). The largest absolute Gasteiger partial charge is 0.485 e. The van der Waals surface area contributed by atoms with Crippen LogP contribution in [0.1, 0.15) is 36.8 Å². The summed E-state index contributed by atoms with van der Waals surface area (Å²) >= 11 is 0. The molecule has 2 aromatic heterocycles. The van der Waals surface area contributed by atoms with Crippen molar-refractivity contribution >= 4 is 11.7 Å². The van der Waals surface area contributed by atoms with E-state index in [9.17, 15) is 4.79 Å². The zero-order valence-electron chi connectivity index (χ0n) is 16.7. The van der Waals surface area contributed by atoms with E-state index in [4.69, 9.17) is 4.74 Å². The molecule has 2 heterocycles. The van der Waals surface area contributed by atoms with E-state index in [0.29, 0.717) is 18.2 Å². The quantitative estimate of drug-likeness (QED) is 0.652. The molecule has 0 bridgehead atoms. The van der Waals surface area contributed by atoms with Crippen LogP contribution in [0.5, 0.6) is 5.75 Å². The molecule has 1 fully saturated rings. The minimum absolute atomic E-state index is 0.0351. The highest BCUT2D eigenvalue weighted by molar-refractivity contribution is 5.97. The Morgan fingerprint density at radius 3 is 2.69 bits per heavy atom. The van der Waals surface area contributed by atoms with Crippen molar-refractivity contribution in [3.63, 3.8) is 0 Å². The number of nitrogens with zero attached hydrogens (tertiary/aromatic N) is 3. The predicted octanol–water partition coefficient (Wildman–Crippen LogP) is 4.34. The van der Waals surface area contributed by atoms with Crippen molar-refractivity contribution in [2.75, 3.05) is 5.32 Å². The van der Waals surface area contributed by atoms with Gasteiger partial charge in [0.25, 0.3) is 0 Å². The minimum Gasteiger partial charge on any atom is -0.485 e. The van der Waals surface area contributed by atoms with Gasteiger partial charge in [-0.05, 0) is 37.8 Å². The van der Waals surface area contributed by atoms with Crippen LogP contribution in [0.4, 0.5) is 5.82 Å². The molecule has 0 atom stereocenters. The summed E-state index contributed by atoms with van der Waals surface area (Å²) in [5.74, 6) is 2.13. The fraction of sp³-hybridized carbons (Fsp3) is 0.304. The van der Waals surface area contributed by atoms with Crippen LogP contribution < -0.4 is 10.1 Å². The number of carbonyl (C=O) groups is 1. The summed E-state index contributed by atoms with van der Waals surface area (Å²) in [7, 11) is 0. The van der Waals surface area contributed by atoms with Crippen molar-refractivity contribution in [2.45, 2.75) is 39.7 Å². The molecule has 1 aliphatic carbocycles. The molecule has 1 amide bonds. The first-order chi connectivity index (χ1) is 14.2. The van der Waals surface area contributed by atoms with Gasteiger partial charge in [-0.1, -0.05) is 37.3 Å². The Balaban J connectivity index is 1.66. The minimum atomic E-state index is 0.0351. The molecule has 6 heteroatoms. The molecule has 1 aliphatic rings. The van der Waals surface area contributed by atoms with Gasteiger partial charge in [0.1, 0.15) is 18.2 Å². The summed E-state index contributed by atoms with van der Waals surface area (Å²) in [6.45, 7) is 4.24. The van der Waals surface area contributed by atoms with E-state index in [1.165, 1.54) is 0 Å². The third-order valence-electron chi connectivity index (χ3n) is 4.96. The number of nitrogens with one attached hydrogen (secondary N) is 1. The van der Waals surface area contributed by atoms with Crippen molar-refractivity contribution < 1.29 is 9.53 Å². The second kappa shape index (κ2) is 8.39. The van der Waals surface area contributed by atoms with Crippen molar-refractivity contribution in [2.24, 2.45) is 5.92 Å². The number of benzene rings is 1. The van der Waals surface area contributed by atoms with Gasteiger partial charge in [0.2, 0.25) is 5.91 Å². The maximum atomic E-state index is 12.4.